The molecule has 0 saturated heterocycles. The van der Waals surface area contributed by atoms with Crippen molar-refractivity contribution in [2.45, 2.75) is 94.4 Å². The van der Waals surface area contributed by atoms with E-state index in [0.717, 1.165) is 136 Å². The molecule has 87 heavy (non-hydrogen) atoms. The number of nitrogens with zero attached hydrogens (tertiary/aromatic N) is 5. The summed E-state index contributed by atoms with van der Waals surface area (Å²) in [6.07, 6.45) is 18.6. The molecule has 6 aliphatic rings. The predicted molar refractivity (Wildman–Crippen MR) is 365 cm³/mol. The molecule has 0 saturated carbocycles. The Balaban J connectivity index is 0.000000169. The van der Waals surface area contributed by atoms with Crippen LogP contribution in [0.4, 0.5) is 0 Å². The number of hydrogen-bond acceptors (Lipinski definition) is 7. The quantitative estimate of drug-likeness (QED) is 0.119. The number of H-pyrrole nitrogens is 3. The average Bonchev–Trinajstić information content (AvgIpc) is 2.07. The number of hydrogen-bond donors (Lipinski definition) is 5. The van der Waals surface area contributed by atoms with Gasteiger partial charge in [0.15, 0.2) is 0 Å². The van der Waals surface area contributed by atoms with Crippen molar-refractivity contribution in [3.63, 3.8) is 0 Å². The number of aromatic nitrogens is 5. The largest absolute Gasteiger partial charge is 0.510 e. The summed E-state index contributed by atoms with van der Waals surface area (Å²) >= 11 is 0. The fourth-order valence-corrected chi connectivity index (χ4v) is 13.3. The minimum Gasteiger partial charge on any atom is -0.510 e. The van der Waals surface area contributed by atoms with Gasteiger partial charge in [-0.3, -0.25) is 9.98 Å². The first kappa shape index (κ1) is 55.1. The van der Waals surface area contributed by atoms with Gasteiger partial charge in [0.1, 0.15) is 5.76 Å². The zero-order chi connectivity index (χ0) is 62.6. The number of nitrogens with two attached hydrogens (primary N) is 1. The van der Waals surface area contributed by atoms with Gasteiger partial charge in [-0.05, 0) is 190 Å². The summed E-state index contributed by atoms with van der Waals surface area (Å²) in [5.74, 6) is 0.156. The number of nitrogens with one attached hydrogen (secondary N) is 3. The normalized spacial score (nSPS) is 16.2. The summed E-state index contributed by atoms with van der Waals surface area (Å²) in [7, 11) is 0. The lowest BCUT2D eigenvalue weighted by atomic mass is 9.85. The van der Waals surface area contributed by atoms with E-state index in [9.17, 15) is 5.11 Å². The van der Waals surface area contributed by atoms with E-state index in [2.05, 4.69) is 231 Å². The van der Waals surface area contributed by atoms with E-state index in [0.29, 0.717) is 5.22 Å². The van der Waals surface area contributed by atoms with Crippen molar-refractivity contribution < 1.29 is 8.08 Å². The molecule has 14 rings (SSSR count). The Kier molecular flexibility index (Phi) is 13.9. The van der Waals surface area contributed by atoms with Gasteiger partial charge in [-0.1, -0.05) is 117 Å². The van der Waals surface area contributed by atoms with Crippen LogP contribution >= 0.6 is 0 Å². The van der Waals surface area contributed by atoms with Crippen LogP contribution in [-0.4, -0.2) is 53.7 Å². The van der Waals surface area contributed by atoms with Crippen molar-refractivity contribution in [2.75, 3.05) is 6.54 Å². The van der Waals surface area contributed by atoms with Crippen LogP contribution in [0.1, 0.15) is 116 Å². The van der Waals surface area contributed by atoms with Crippen molar-refractivity contribution >= 4 is 74.3 Å². The zero-order valence-corrected chi connectivity index (χ0v) is 51.5. The highest BCUT2D eigenvalue weighted by molar-refractivity contribution is 6.51. The minimum absolute atomic E-state index is 0.0564. The minimum atomic E-state index is -0.118. The molecule has 0 amide bonds. The van der Waals surface area contributed by atoms with Crippen molar-refractivity contribution in [3.8, 4) is 22.3 Å². The number of allylic oxidation sites excluding steroid dienone is 6. The van der Waals surface area contributed by atoms with Gasteiger partial charge in [0, 0.05) is 110 Å². The summed E-state index contributed by atoms with van der Waals surface area (Å²) < 4.78 is 10.0. The van der Waals surface area contributed by atoms with Gasteiger partial charge in [0.2, 0.25) is 0 Å². The lowest BCUT2D eigenvalue weighted by molar-refractivity contribution is 0.490. The molecule has 0 radical (unpaired) electrons. The number of aliphatic hydroxyl groups excluding tert-OH is 1. The molecule has 434 valence electrons. The number of aryl methyl sites for hydroxylation is 7. The Morgan fingerprint density at radius 1 is 0.540 bits per heavy atom. The molecule has 16 bridgehead atoms. The monoisotopic (exact) mass is 1140 g/mol. The number of aliphatic imine (C=N–C) groups is 3. The molecule has 0 spiro atoms. The highest BCUT2D eigenvalue weighted by Crippen LogP contribution is 2.41. The molecular formula is C77H75N9O. The third kappa shape index (κ3) is 10.9. The first-order valence-corrected chi connectivity index (χ1v) is 30.1. The fraction of sp³-hybridized carbons (Fsp3) is 0.208. The highest BCUT2D eigenvalue weighted by atomic mass is 16.3. The molecule has 0 fully saturated rings. The zero-order valence-electron chi connectivity index (χ0n) is 53.5. The third-order valence-corrected chi connectivity index (χ3v) is 17.4. The van der Waals surface area contributed by atoms with Gasteiger partial charge < -0.3 is 25.8 Å². The number of rotatable bonds is 4. The molecule has 6 N–H and O–H groups in total. The van der Waals surface area contributed by atoms with E-state index in [-0.39, 0.29) is 23.1 Å². The average molecular weight is 1140 g/mol. The summed E-state index contributed by atoms with van der Waals surface area (Å²) in [5, 5.41) is 11.9. The van der Waals surface area contributed by atoms with Crippen molar-refractivity contribution in [1.29, 1.82) is 0 Å². The van der Waals surface area contributed by atoms with Crippen LogP contribution in [0, 0.1) is 53.9 Å². The van der Waals surface area contributed by atoms with Crippen molar-refractivity contribution in [3.05, 3.63) is 258 Å². The van der Waals surface area contributed by atoms with E-state index in [4.69, 9.17) is 33.6 Å². The maximum Gasteiger partial charge on any atom is 0.113 e. The summed E-state index contributed by atoms with van der Waals surface area (Å²) in [4.78, 5) is 37.1. The molecule has 0 unspecified atom stereocenters. The van der Waals surface area contributed by atoms with Crippen LogP contribution in [0.3, 0.4) is 0 Å². The van der Waals surface area contributed by atoms with Crippen LogP contribution in [0.5, 0.6) is 0 Å². The van der Waals surface area contributed by atoms with Gasteiger partial charge >= 0.3 is 0 Å². The van der Waals surface area contributed by atoms with E-state index in [1.54, 1.807) is 0 Å². The Labute approximate surface area is 512 Å². The second-order valence-corrected chi connectivity index (χ2v) is 25.5. The molecule has 0 aliphatic carbocycles. The smallest absolute Gasteiger partial charge is 0.113 e. The molecule has 4 aromatic carbocycles. The van der Waals surface area contributed by atoms with Gasteiger partial charge in [-0.15, -0.1) is 0 Å². The molecule has 0 atom stereocenters. The maximum atomic E-state index is 10.3. The first-order chi connectivity index (χ1) is 42.7. The molecule has 10 heterocycles. The number of benzene rings is 4. The van der Waals surface area contributed by atoms with Crippen LogP contribution in [0.25, 0.3) is 79.5 Å². The summed E-state index contributed by atoms with van der Waals surface area (Å²) in [6.45, 7) is 24.3. The molecule has 6 aliphatic heterocycles. The second kappa shape index (κ2) is 21.9. The van der Waals surface area contributed by atoms with Gasteiger partial charge in [0.05, 0.1) is 40.8 Å². The molecule has 10 nitrogen and oxygen atoms in total. The number of fused-ring (bicyclic) bond motifs is 13. The van der Waals surface area contributed by atoms with Gasteiger partial charge in [0.25, 0.3) is 0 Å². The van der Waals surface area contributed by atoms with Crippen LogP contribution in [0.2, 0.25) is 0 Å². The van der Waals surface area contributed by atoms with E-state index in [1.165, 1.54) is 50.1 Å². The molecule has 10 heteroatoms. The SMILES string of the molecule is Cc1cc(C)c(C2=C3C=CC(=N3)C(=c3ccc(=C(O)CN)cc3)C3=NC(=CC4=NC(=Cc5ccc2[nH]5)CC4(C)C)C=C3)c(C)c1.Cc1ccc(-c2c3nc(c(-c4c(C)cc(C)cc4C)c4ccc(cc5nc(cc6ccc2[nH]6)C(C)(C)C5)[nH]4)C=C3)cc1.[2H][2H]. The molecule has 8 aromatic rings. The Morgan fingerprint density at radius 3 is 1.84 bits per heavy atom. The Morgan fingerprint density at radius 2 is 1.16 bits per heavy atom. The summed E-state index contributed by atoms with van der Waals surface area (Å²) in [6, 6.07) is 42.8. The maximum absolute atomic E-state index is 10.3. The van der Waals surface area contributed by atoms with Crippen molar-refractivity contribution in [1.82, 2.24) is 24.9 Å². The number of aliphatic hydroxyl groups is 1. The van der Waals surface area contributed by atoms with Crippen LogP contribution in [0.15, 0.2) is 184 Å². The van der Waals surface area contributed by atoms with E-state index in [1.807, 2.05) is 30.3 Å². The Hall–Kier alpha value is -9.77. The highest BCUT2D eigenvalue weighted by Gasteiger charge is 2.33. The standard InChI is InChI=1S/C39H37N5O.C38H36N4.H2/c1-22-16-23(2)36(24(3)17-22)38-32-13-10-27(41-32)18-29-20-39(4,5)35(43-29)19-28-11-12-30(42-28)37(31-14-15-33(38)44-31)26-8-6-25(7-9-26)34(45)21-40;1-22-7-9-26(10-8-22)36-30-13-12-28(40-30)20-34-38(5,6)21-29(41-34)19-27-11-14-32(39-27)37(33-16-15-31(36)42-33)35-24(3)17-23(2)18-25(35)4;/h6-19,41,45H,20-21,40H2,1-5H3;7-20,39-40H,21H2,1-6H3;1H/i;;1+1D. The van der Waals surface area contributed by atoms with Crippen molar-refractivity contribution in [2.24, 2.45) is 26.1 Å². The molecule has 4 aromatic heterocycles. The molecular weight excluding hydrogens is 1070 g/mol. The lowest BCUT2D eigenvalue weighted by Crippen LogP contribution is -2.21. The fourth-order valence-electron chi connectivity index (χ4n) is 13.3. The Bertz CT molecular complexity index is 4800. The van der Waals surface area contributed by atoms with Gasteiger partial charge in [-0.2, -0.15) is 0 Å². The summed E-state index contributed by atoms with van der Waals surface area (Å²) in [5.41, 5.74) is 37.6. The third-order valence-electron chi connectivity index (χ3n) is 17.4. The van der Waals surface area contributed by atoms with Crippen LogP contribution in [-0.2, 0) is 11.8 Å². The van der Waals surface area contributed by atoms with E-state index >= 15 is 0 Å². The number of aromatic amines is 3. The van der Waals surface area contributed by atoms with Crippen LogP contribution < -0.4 is 16.2 Å². The lowest BCUT2D eigenvalue weighted by Gasteiger charge is -2.17. The second-order valence-electron chi connectivity index (χ2n) is 25.5. The topological polar surface area (TPSA) is 156 Å². The first-order valence-electron chi connectivity index (χ1n) is 31.1. The van der Waals surface area contributed by atoms with E-state index < -0.39 is 0 Å². The van der Waals surface area contributed by atoms with Gasteiger partial charge in [-0.25, -0.2) is 15.0 Å². The predicted octanol–water partition coefficient (Wildman–Crippen LogP) is 16.1.